The molecule has 0 amide bonds. The van der Waals surface area contributed by atoms with Crippen LogP contribution in [0, 0.1) is 0 Å². The lowest BCUT2D eigenvalue weighted by Crippen LogP contribution is -2.33. The Hall–Kier alpha value is -1.58. The van der Waals surface area contributed by atoms with Crippen LogP contribution in [0.3, 0.4) is 0 Å². The van der Waals surface area contributed by atoms with Crippen LogP contribution in [0.5, 0.6) is 0 Å². The molecule has 178 valence electrons. The molecule has 0 saturated carbocycles. The lowest BCUT2D eigenvalue weighted by Gasteiger charge is -2.02. The Kier molecular flexibility index (Phi) is 21.5. The second-order valence-corrected chi connectivity index (χ2v) is 7.97. The van der Waals surface area contributed by atoms with Crippen LogP contribution in [0.25, 0.3) is 11.1 Å². The number of nitrogens with zero attached hydrogens (tertiary/aromatic N) is 2. The van der Waals surface area contributed by atoms with Crippen LogP contribution in [0.1, 0.15) is 78.1 Å². The van der Waals surface area contributed by atoms with Crippen molar-refractivity contribution in [2.45, 2.75) is 91.1 Å². The lowest BCUT2D eigenvalue weighted by molar-refractivity contribution is -0.697. The van der Waals surface area contributed by atoms with E-state index in [0.717, 1.165) is 13.1 Å². The number of aryl methyl sites for hydroxylation is 2. The van der Waals surface area contributed by atoms with E-state index in [9.17, 15) is 0 Å². The van der Waals surface area contributed by atoms with E-state index in [0.29, 0.717) is 0 Å². The van der Waals surface area contributed by atoms with Crippen molar-refractivity contribution in [3.63, 3.8) is 0 Å². The van der Waals surface area contributed by atoms with Crippen molar-refractivity contribution in [3.05, 3.63) is 49.1 Å². The van der Waals surface area contributed by atoms with E-state index in [2.05, 4.69) is 72.0 Å². The average molecular weight is 483 g/mol. The predicted molar refractivity (Wildman–Crippen MR) is 129 cm³/mol. The molecule has 0 aromatic carbocycles. The van der Waals surface area contributed by atoms with E-state index in [1.165, 1.54) is 75.3 Å². The van der Waals surface area contributed by atoms with Crippen LogP contribution < -0.4 is 9.13 Å². The Morgan fingerprint density at radius 3 is 1.16 bits per heavy atom. The highest BCUT2D eigenvalue weighted by Crippen LogP contribution is 2.15. The number of hydrogen-bond acceptors (Lipinski definition) is 2. The minimum Gasteiger partial charge on any atom is -0.310 e. The first-order valence-electron chi connectivity index (χ1n) is 11.6. The summed E-state index contributed by atoms with van der Waals surface area (Å²) < 4.78 is 21.5. The van der Waals surface area contributed by atoms with Gasteiger partial charge >= 0.3 is 17.4 Å². The fraction of sp³-hybridized carbons (Fsp3) is 0.583. The van der Waals surface area contributed by atoms with Crippen molar-refractivity contribution < 1.29 is 28.1 Å². The summed E-state index contributed by atoms with van der Waals surface area (Å²) in [6.45, 7) is 6.81. The molecule has 2 aromatic rings. The Labute approximate surface area is 196 Å². The maximum Gasteiger partial charge on any atom is 0.324 e. The summed E-state index contributed by atoms with van der Waals surface area (Å²) in [6.07, 6.45) is 22.3. The molecular weight excluding hydrogens is 442 g/mol. The molecular formula is C24H40N2O4P2+2. The zero-order chi connectivity index (χ0) is 23.9. The fourth-order valence-corrected chi connectivity index (χ4v) is 3.39. The summed E-state index contributed by atoms with van der Waals surface area (Å²) in [5.74, 6) is 0. The summed E-state index contributed by atoms with van der Waals surface area (Å²) in [5.41, 5.74) is 2.62. The van der Waals surface area contributed by atoms with E-state index in [4.69, 9.17) is 18.9 Å². The first-order valence-corrected chi connectivity index (χ1v) is 13.1. The minimum atomic E-state index is -0.833. The Morgan fingerprint density at radius 1 is 0.594 bits per heavy atom. The van der Waals surface area contributed by atoms with Gasteiger partial charge in [-0.05, 0) is 24.0 Å². The van der Waals surface area contributed by atoms with Gasteiger partial charge in [0.1, 0.15) is 13.1 Å². The Bertz CT molecular complexity index is 637. The van der Waals surface area contributed by atoms with E-state index in [1.54, 1.807) is 0 Å². The topological polar surface area (TPSA) is 82.4 Å². The fourth-order valence-electron chi connectivity index (χ4n) is 3.39. The van der Waals surface area contributed by atoms with Gasteiger partial charge in [-0.1, -0.05) is 52.4 Å². The molecule has 0 unspecified atom stereocenters. The number of hydrogen-bond donors (Lipinski definition) is 2. The van der Waals surface area contributed by atoms with Crippen molar-refractivity contribution in [2.75, 3.05) is 0 Å². The molecule has 0 spiro atoms. The highest BCUT2D eigenvalue weighted by molar-refractivity contribution is 7.16. The molecule has 2 heterocycles. The summed E-state index contributed by atoms with van der Waals surface area (Å²) >= 11 is 0. The van der Waals surface area contributed by atoms with Crippen LogP contribution in [0.15, 0.2) is 49.1 Å². The maximum atomic E-state index is 8.46. The SMILES string of the molecule is CCCCCCC[n+]1ccc(-c2cc[n+](CCCCCCC)cc2)cc1.O=PO.O=PO. The van der Waals surface area contributed by atoms with Crippen LogP contribution >= 0.6 is 17.4 Å². The maximum absolute atomic E-state index is 8.46. The van der Waals surface area contributed by atoms with Gasteiger partial charge in [-0.15, -0.1) is 0 Å². The van der Waals surface area contributed by atoms with Gasteiger partial charge in [-0.2, -0.15) is 0 Å². The zero-order valence-electron chi connectivity index (χ0n) is 19.6. The van der Waals surface area contributed by atoms with E-state index < -0.39 is 17.4 Å². The molecule has 0 radical (unpaired) electrons. The summed E-state index contributed by atoms with van der Waals surface area (Å²) in [7, 11) is -1.67. The summed E-state index contributed by atoms with van der Waals surface area (Å²) in [4.78, 5) is 14.0. The van der Waals surface area contributed by atoms with Crippen molar-refractivity contribution in [2.24, 2.45) is 0 Å². The Balaban J connectivity index is 0.00000144. The molecule has 0 fully saturated rings. The van der Waals surface area contributed by atoms with Crippen LogP contribution in [0.4, 0.5) is 0 Å². The quantitative estimate of drug-likeness (QED) is 0.201. The van der Waals surface area contributed by atoms with Gasteiger partial charge in [-0.3, -0.25) is 0 Å². The summed E-state index contributed by atoms with van der Waals surface area (Å²) in [5, 5.41) is 0. The van der Waals surface area contributed by atoms with E-state index in [1.807, 2.05) is 0 Å². The zero-order valence-corrected chi connectivity index (χ0v) is 21.4. The monoisotopic (exact) mass is 482 g/mol. The average Bonchev–Trinajstić information content (AvgIpc) is 2.81. The number of pyridine rings is 2. The predicted octanol–water partition coefficient (Wildman–Crippen LogP) is 6.24. The van der Waals surface area contributed by atoms with E-state index >= 15 is 0 Å². The van der Waals surface area contributed by atoms with Crippen LogP contribution in [-0.2, 0) is 22.2 Å². The standard InChI is InChI=1S/C24H38N2.2HO2P/c1-3-5-7-9-11-17-25-19-13-23(14-20-25)24-15-21-26(22-16-24)18-12-10-8-6-4-2;2*1-3-2/h13-16,19-22H,3-12,17-18H2,1-2H3;2*(H,1,2)/q+2;;. The van der Waals surface area contributed by atoms with Gasteiger partial charge in [0.25, 0.3) is 0 Å². The van der Waals surface area contributed by atoms with Crippen molar-refractivity contribution in [1.82, 2.24) is 0 Å². The molecule has 0 saturated heterocycles. The normalized spacial score (nSPS) is 10.2. The van der Waals surface area contributed by atoms with Gasteiger partial charge in [0.05, 0.1) is 0 Å². The molecule has 6 nitrogen and oxygen atoms in total. The molecule has 0 aliphatic heterocycles. The Morgan fingerprint density at radius 2 is 0.875 bits per heavy atom. The summed E-state index contributed by atoms with van der Waals surface area (Å²) in [6, 6.07) is 8.99. The lowest BCUT2D eigenvalue weighted by atomic mass is 10.1. The largest absolute Gasteiger partial charge is 0.324 e. The molecule has 0 atom stereocenters. The number of aromatic nitrogens is 2. The second kappa shape index (κ2) is 22.6. The molecule has 8 heteroatoms. The van der Waals surface area contributed by atoms with Crippen molar-refractivity contribution >= 4 is 17.4 Å². The number of unbranched alkanes of at least 4 members (excludes halogenated alkanes) is 8. The molecule has 2 aromatic heterocycles. The van der Waals surface area contributed by atoms with Crippen LogP contribution in [0.2, 0.25) is 0 Å². The molecule has 0 aliphatic rings. The third kappa shape index (κ3) is 16.1. The van der Waals surface area contributed by atoms with Crippen LogP contribution in [-0.4, -0.2) is 9.79 Å². The van der Waals surface area contributed by atoms with Gasteiger partial charge in [0.15, 0.2) is 24.8 Å². The number of rotatable bonds is 13. The van der Waals surface area contributed by atoms with Crippen molar-refractivity contribution in [3.8, 4) is 11.1 Å². The second-order valence-electron chi connectivity index (χ2n) is 7.64. The van der Waals surface area contributed by atoms with Gasteiger partial charge in [-0.25, -0.2) is 18.3 Å². The first kappa shape index (κ1) is 30.4. The van der Waals surface area contributed by atoms with Gasteiger partial charge < -0.3 is 9.79 Å². The third-order valence-corrected chi connectivity index (χ3v) is 5.16. The smallest absolute Gasteiger partial charge is 0.310 e. The first-order chi connectivity index (χ1) is 15.7. The molecule has 0 bridgehead atoms. The molecule has 2 rings (SSSR count). The van der Waals surface area contributed by atoms with Gasteiger partial charge in [0, 0.05) is 37.1 Å². The molecule has 32 heavy (non-hydrogen) atoms. The van der Waals surface area contributed by atoms with Gasteiger partial charge in [0.2, 0.25) is 0 Å². The van der Waals surface area contributed by atoms with E-state index in [-0.39, 0.29) is 0 Å². The third-order valence-electron chi connectivity index (χ3n) is 5.16. The molecule has 2 N–H and O–H groups in total. The minimum absolute atomic E-state index is 0.833. The highest BCUT2D eigenvalue weighted by Gasteiger charge is 2.06. The van der Waals surface area contributed by atoms with Crippen molar-refractivity contribution in [1.29, 1.82) is 0 Å². The molecule has 0 aliphatic carbocycles. The highest BCUT2D eigenvalue weighted by atomic mass is 31.1.